The summed E-state index contributed by atoms with van der Waals surface area (Å²) in [4.78, 5) is 14.1. The van der Waals surface area contributed by atoms with Crippen molar-refractivity contribution < 1.29 is 0 Å². The molecule has 0 aliphatic heterocycles. The van der Waals surface area contributed by atoms with E-state index in [-0.39, 0.29) is 5.69 Å². The zero-order valence-electron chi connectivity index (χ0n) is 8.92. The van der Waals surface area contributed by atoms with Crippen molar-refractivity contribution in [2.24, 2.45) is 5.41 Å². The molecule has 1 aliphatic rings. The van der Waals surface area contributed by atoms with E-state index in [1.165, 1.54) is 12.8 Å². The summed E-state index contributed by atoms with van der Waals surface area (Å²) in [5.41, 5.74) is 0.505. The van der Waals surface area contributed by atoms with Gasteiger partial charge >= 0.3 is 5.69 Å². The number of nitrogens with zero attached hydrogens (tertiary/aromatic N) is 1. The summed E-state index contributed by atoms with van der Waals surface area (Å²) in [6.07, 6.45) is 8.29. The minimum atomic E-state index is 0.0368. The molecule has 1 fully saturated rings. The molecule has 1 heterocycles. The maximum absolute atomic E-state index is 11.4. The average Bonchev–Trinajstić information content (AvgIpc) is 2.52. The third kappa shape index (κ3) is 1.76. The van der Waals surface area contributed by atoms with Crippen molar-refractivity contribution >= 4 is 0 Å². The van der Waals surface area contributed by atoms with Gasteiger partial charge in [0.25, 0.3) is 0 Å². The summed E-state index contributed by atoms with van der Waals surface area (Å²) in [6, 6.07) is 0.418. The molecule has 1 aromatic rings. The van der Waals surface area contributed by atoms with E-state index in [0.717, 1.165) is 12.8 Å². The second-order valence-electron chi connectivity index (χ2n) is 5.07. The fourth-order valence-corrected chi connectivity index (χ4v) is 2.28. The number of rotatable bonds is 1. The van der Waals surface area contributed by atoms with Gasteiger partial charge in [0.2, 0.25) is 0 Å². The zero-order valence-corrected chi connectivity index (χ0v) is 8.92. The molecule has 78 valence electrons. The van der Waals surface area contributed by atoms with Crippen molar-refractivity contribution in [2.45, 2.75) is 45.6 Å². The minimum Gasteiger partial charge on any atom is -0.313 e. The molecular formula is C11H18N2O. The van der Waals surface area contributed by atoms with Crippen LogP contribution in [0.1, 0.15) is 45.6 Å². The number of imidazole rings is 1. The van der Waals surface area contributed by atoms with Crippen LogP contribution in [-0.4, -0.2) is 9.55 Å². The molecule has 0 saturated heterocycles. The van der Waals surface area contributed by atoms with Crippen LogP contribution in [0.4, 0.5) is 0 Å². The molecule has 0 atom stereocenters. The molecule has 1 saturated carbocycles. The van der Waals surface area contributed by atoms with Gasteiger partial charge in [-0.25, -0.2) is 4.79 Å². The van der Waals surface area contributed by atoms with E-state index in [1.807, 2.05) is 10.8 Å². The first-order valence-electron chi connectivity index (χ1n) is 5.34. The van der Waals surface area contributed by atoms with E-state index in [4.69, 9.17) is 0 Å². The second-order valence-corrected chi connectivity index (χ2v) is 5.07. The van der Waals surface area contributed by atoms with Crippen LogP contribution in [-0.2, 0) is 0 Å². The molecule has 2 rings (SSSR count). The number of nitrogens with one attached hydrogen (secondary N) is 1. The Labute approximate surface area is 84.1 Å². The molecule has 1 aliphatic carbocycles. The normalized spacial score (nSPS) is 22.4. The van der Waals surface area contributed by atoms with Gasteiger partial charge in [-0.3, -0.25) is 4.57 Å². The molecule has 0 spiro atoms. The van der Waals surface area contributed by atoms with Crippen molar-refractivity contribution in [3.8, 4) is 0 Å². The molecule has 0 amide bonds. The topological polar surface area (TPSA) is 37.8 Å². The van der Waals surface area contributed by atoms with Gasteiger partial charge in [0.15, 0.2) is 0 Å². The SMILES string of the molecule is CC1(C)CCC(n2cc[nH]c2=O)CC1. The molecule has 0 radical (unpaired) electrons. The van der Waals surface area contributed by atoms with Crippen LogP contribution in [0, 0.1) is 5.41 Å². The summed E-state index contributed by atoms with van der Waals surface area (Å²) in [7, 11) is 0. The van der Waals surface area contributed by atoms with Gasteiger partial charge in [0, 0.05) is 18.4 Å². The average molecular weight is 194 g/mol. The third-order valence-electron chi connectivity index (χ3n) is 3.38. The Hall–Kier alpha value is -0.990. The highest BCUT2D eigenvalue weighted by atomic mass is 16.1. The largest absolute Gasteiger partial charge is 0.325 e. The molecule has 1 aromatic heterocycles. The fourth-order valence-electron chi connectivity index (χ4n) is 2.28. The Morgan fingerprint density at radius 3 is 2.57 bits per heavy atom. The van der Waals surface area contributed by atoms with E-state index in [1.54, 1.807) is 6.20 Å². The quantitative estimate of drug-likeness (QED) is 0.732. The highest BCUT2D eigenvalue weighted by molar-refractivity contribution is 4.87. The highest BCUT2D eigenvalue weighted by Crippen LogP contribution is 2.39. The lowest BCUT2D eigenvalue weighted by Gasteiger charge is -2.34. The first-order valence-corrected chi connectivity index (χ1v) is 5.34. The van der Waals surface area contributed by atoms with Crippen molar-refractivity contribution in [1.29, 1.82) is 0 Å². The van der Waals surface area contributed by atoms with Gasteiger partial charge in [-0.15, -0.1) is 0 Å². The predicted molar refractivity (Wildman–Crippen MR) is 56.3 cm³/mol. The lowest BCUT2D eigenvalue weighted by atomic mass is 9.75. The summed E-state index contributed by atoms with van der Waals surface area (Å²) in [5, 5.41) is 0. The van der Waals surface area contributed by atoms with Gasteiger partial charge in [-0.05, 0) is 31.1 Å². The summed E-state index contributed by atoms with van der Waals surface area (Å²) in [5.74, 6) is 0. The minimum absolute atomic E-state index is 0.0368. The third-order valence-corrected chi connectivity index (χ3v) is 3.38. The number of hydrogen-bond acceptors (Lipinski definition) is 1. The van der Waals surface area contributed by atoms with E-state index in [9.17, 15) is 4.79 Å². The first-order chi connectivity index (χ1) is 6.58. The van der Waals surface area contributed by atoms with Crippen LogP contribution in [0.25, 0.3) is 0 Å². The van der Waals surface area contributed by atoms with E-state index in [2.05, 4.69) is 18.8 Å². The fraction of sp³-hybridized carbons (Fsp3) is 0.727. The zero-order chi connectivity index (χ0) is 10.2. The number of aromatic nitrogens is 2. The molecule has 3 nitrogen and oxygen atoms in total. The molecular weight excluding hydrogens is 176 g/mol. The molecule has 1 N–H and O–H groups in total. The van der Waals surface area contributed by atoms with Gasteiger partial charge in [-0.2, -0.15) is 0 Å². The summed E-state index contributed by atoms with van der Waals surface area (Å²) >= 11 is 0. The van der Waals surface area contributed by atoms with Crippen molar-refractivity contribution in [3.05, 3.63) is 22.9 Å². The van der Waals surface area contributed by atoms with Crippen LogP contribution in [0.3, 0.4) is 0 Å². The van der Waals surface area contributed by atoms with Gasteiger partial charge in [0.05, 0.1) is 0 Å². The smallest absolute Gasteiger partial charge is 0.313 e. The Bertz CT molecular complexity index is 351. The molecule has 0 aromatic carbocycles. The predicted octanol–water partition coefficient (Wildman–Crippen LogP) is 2.32. The van der Waals surface area contributed by atoms with Crippen LogP contribution in [0.2, 0.25) is 0 Å². The Balaban J connectivity index is 2.10. The Kier molecular flexibility index (Phi) is 2.25. The lowest BCUT2D eigenvalue weighted by molar-refractivity contribution is 0.192. The summed E-state index contributed by atoms with van der Waals surface area (Å²) in [6.45, 7) is 4.62. The second kappa shape index (κ2) is 3.30. The Morgan fingerprint density at radius 2 is 2.07 bits per heavy atom. The lowest BCUT2D eigenvalue weighted by Crippen LogP contribution is -2.28. The van der Waals surface area contributed by atoms with Crippen LogP contribution in [0.15, 0.2) is 17.2 Å². The van der Waals surface area contributed by atoms with Crippen LogP contribution < -0.4 is 5.69 Å². The first kappa shape index (κ1) is 9.56. The van der Waals surface area contributed by atoms with E-state index < -0.39 is 0 Å². The maximum atomic E-state index is 11.4. The van der Waals surface area contributed by atoms with Gasteiger partial charge in [-0.1, -0.05) is 13.8 Å². The molecule has 0 bridgehead atoms. The molecule has 0 unspecified atom stereocenters. The monoisotopic (exact) mass is 194 g/mol. The van der Waals surface area contributed by atoms with Crippen LogP contribution >= 0.6 is 0 Å². The van der Waals surface area contributed by atoms with Gasteiger partial charge in [0.1, 0.15) is 0 Å². The number of hydrogen-bond donors (Lipinski definition) is 1. The van der Waals surface area contributed by atoms with Crippen molar-refractivity contribution in [3.63, 3.8) is 0 Å². The maximum Gasteiger partial charge on any atom is 0.325 e. The van der Waals surface area contributed by atoms with Crippen molar-refractivity contribution in [2.75, 3.05) is 0 Å². The number of H-pyrrole nitrogens is 1. The van der Waals surface area contributed by atoms with E-state index in [0.29, 0.717) is 11.5 Å². The summed E-state index contributed by atoms with van der Waals surface area (Å²) < 4.78 is 1.84. The molecule has 3 heteroatoms. The number of aromatic amines is 1. The van der Waals surface area contributed by atoms with E-state index >= 15 is 0 Å². The van der Waals surface area contributed by atoms with Crippen LogP contribution in [0.5, 0.6) is 0 Å². The standard InChI is InChI=1S/C11H18N2O/c1-11(2)5-3-9(4-6-11)13-8-7-12-10(13)14/h7-9H,3-6H2,1-2H3,(H,12,14). The molecule has 14 heavy (non-hydrogen) atoms. The Morgan fingerprint density at radius 1 is 1.43 bits per heavy atom. The van der Waals surface area contributed by atoms with Crippen molar-refractivity contribution in [1.82, 2.24) is 9.55 Å². The highest BCUT2D eigenvalue weighted by Gasteiger charge is 2.27. The van der Waals surface area contributed by atoms with Gasteiger partial charge < -0.3 is 4.98 Å².